The highest BCUT2D eigenvalue weighted by molar-refractivity contribution is 8.00. The summed E-state index contributed by atoms with van der Waals surface area (Å²) in [5, 5.41) is 9.77. The molecular formula is C21H19FN4O2S. The number of carbonyl (C=O) groups is 1. The number of carbonyl (C=O) groups excluding carboxylic acids is 1. The molecule has 0 saturated carbocycles. The van der Waals surface area contributed by atoms with Crippen molar-refractivity contribution in [3.63, 3.8) is 0 Å². The van der Waals surface area contributed by atoms with E-state index < -0.39 is 5.25 Å². The number of nitrogens with one attached hydrogen (secondary N) is 1. The van der Waals surface area contributed by atoms with Crippen LogP contribution in [0.4, 0.5) is 4.39 Å². The van der Waals surface area contributed by atoms with Gasteiger partial charge in [0.15, 0.2) is 11.0 Å². The first-order chi connectivity index (χ1) is 14.1. The van der Waals surface area contributed by atoms with Crippen molar-refractivity contribution in [1.29, 1.82) is 0 Å². The molecule has 2 aromatic carbocycles. The van der Waals surface area contributed by atoms with Gasteiger partial charge in [0, 0.05) is 28.4 Å². The SMILES string of the molecule is CCOC(=O)[C@H](C)Sc1nnc(-c2c[nH]c3ccccc23)n1-c1ccc(F)cc1. The van der Waals surface area contributed by atoms with Crippen LogP contribution >= 0.6 is 11.8 Å². The monoisotopic (exact) mass is 410 g/mol. The van der Waals surface area contributed by atoms with Crippen LogP contribution in [-0.2, 0) is 9.53 Å². The van der Waals surface area contributed by atoms with Gasteiger partial charge in [0.1, 0.15) is 11.1 Å². The van der Waals surface area contributed by atoms with Crippen molar-refractivity contribution >= 4 is 28.6 Å². The summed E-state index contributed by atoms with van der Waals surface area (Å²) in [4.78, 5) is 15.3. The Balaban J connectivity index is 1.83. The van der Waals surface area contributed by atoms with Crippen molar-refractivity contribution in [3.05, 3.63) is 60.5 Å². The van der Waals surface area contributed by atoms with Crippen molar-refractivity contribution in [3.8, 4) is 17.1 Å². The zero-order valence-corrected chi connectivity index (χ0v) is 16.7. The molecule has 0 aliphatic carbocycles. The van der Waals surface area contributed by atoms with Gasteiger partial charge in [0.2, 0.25) is 0 Å². The number of para-hydroxylation sites is 1. The molecule has 6 nitrogen and oxygen atoms in total. The number of nitrogens with zero attached hydrogens (tertiary/aromatic N) is 3. The zero-order valence-electron chi connectivity index (χ0n) is 15.9. The topological polar surface area (TPSA) is 72.8 Å². The van der Waals surface area contributed by atoms with Gasteiger partial charge < -0.3 is 9.72 Å². The quantitative estimate of drug-likeness (QED) is 0.372. The molecule has 0 spiro atoms. The van der Waals surface area contributed by atoms with Crippen molar-refractivity contribution in [2.24, 2.45) is 0 Å². The number of hydrogen-bond acceptors (Lipinski definition) is 5. The summed E-state index contributed by atoms with van der Waals surface area (Å²) >= 11 is 1.25. The minimum absolute atomic E-state index is 0.314. The average Bonchev–Trinajstić information content (AvgIpc) is 3.33. The molecule has 0 aliphatic heterocycles. The average molecular weight is 410 g/mol. The molecule has 0 amide bonds. The maximum atomic E-state index is 13.5. The summed E-state index contributed by atoms with van der Waals surface area (Å²) < 4.78 is 20.4. The minimum Gasteiger partial charge on any atom is -0.465 e. The van der Waals surface area contributed by atoms with E-state index in [1.807, 2.05) is 35.0 Å². The Hall–Kier alpha value is -3.13. The summed E-state index contributed by atoms with van der Waals surface area (Å²) in [7, 11) is 0. The molecule has 4 rings (SSSR count). The van der Waals surface area contributed by atoms with Gasteiger partial charge in [-0.3, -0.25) is 9.36 Å². The van der Waals surface area contributed by atoms with Gasteiger partial charge in [-0.15, -0.1) is 10.2 Å². The second kappa shape index (κ2) is 8.08. The zero-order chi connectivity index (χ0) is 20.4. The van der Waals surface area contributed by atoms with Crippen LogP contribution in [0.2, 0.25) is 0 Å². The van der Waals surface area contributed by atoms with E-state index in [-0.39, 0.29) is 11.8 Å². The Morgan fingerprint density at radius 3 is 2.72 bits per heavy atom. The number of benzene rings is 2. The number of H-pyrrole nitrogens is 1. The summed E-state index contributed by atoms with van der Waals surface area (Å²) in [6.07, 6.45) is 1.87. The van der Waals surface area contributed by atoms with Crippen LogP contribution in [0.25, 0.3) is 28.0 Å². The molecule has 1 N–H and O–H groups in total. The lowest BCUT2D eigenvalue weighted by Crippen LogP contribution is -2.17. The predicted octanol–water partition coefficient (Wildman–Crippen LogP) is 4.60. The van der Waals surface area contributed by atoms with Crippen molar-refractivity contribution in [1.82, 2.24) is 19.7 Å². The molecule has 1 atom stereocenters. The first-order valence-electron chi connectivity index (χ1n) is 9.19. The standard InChI is InChI=1S/C21H19FN4O2S/c1-3-28-20(27)13(2)29-21-25-24-19(26(21)15-10-8-14(22)9-11-15)17-12-23-18-7-5-4-6-16(17)18/h4-13,23H,3H2,1-2H3/t13-/m0/s1. The number of halogens is 1. The van der Waals surface area contributed by atoms with Crippen LogP contribution in [0.15, 0.2) is 59.9 Å². The second-order valence-electron chi connectivity index (χ2n) is 6.38. The summed E-state index contributed by atoms with van der Waals surface area (Å²) in [5.74, 6) is -0.0445. The fraction of sp³-hybridized carbons (Fsp3) is 0.190. The molecule has 0 radical (unpaired) electrons. The van der Waals surface area contributed by atoms with Gasteiger partial charge in [0.25, 0.3) is 0 Å². The number of esters is 1. The van der Waals surface area contributed by atoms with E-state index in [4.69, 9.17) is 4.74 Å². The lowest BCUT2D eigenvalue weighted by molar-refractivity contribution is -0.142. The maximum absolute atomic E-state index is 13.5. The normalized spacial score (nSPS) is 12.2. The number of aromatic amines is 1. The molecule has 0 saturated heterocycles. The number of aromatic nitrogens is 4. The molecule has 0 unspecified atom stereocenters. The van der Waals surface area contributed by atoms with Crippen LogP contribution in [-0.4, -0.2) is 37.6 Å². The molecule has 29 heavy (non-hydrogen) atoms. The van der Waals surface area contributed by atoms with Gasteiger partial charge in [-0.2, -0.15) is 0 Å². The van der Waals surface area contributed by atoms with Gasteiger partial charge in [-0.1, -0.05) is 30.0 Å². The van der Waals surface area contributed by atoms with E-state index in [1.54, 1.807) is 26.0 Å². The van der Waals surface area contributed by atoms with E-state index in [0.29, 0.717) is 23.3 Å². The third kappa shape index (κ3) is 3.75. The lowest BCUT2D eigenvalue weighted by atomic mass is 10.1. The highest BCUT2D eigenvalue weighted by Gasteiger charge is 2.23. The van der Waals surface area contributed by atoms with Crippen molar-refractivity contribution in [2.75, 3.05) is 6.61 Å². The fourth-order valence-electron chi connectivity index (χ4n) is 3.07. The van der Waals surface area contributed by atoms with Crippen LogP contribution in [0.5, 0.6) is 0 Å². The van der Waals surface area contributed by atoms with Crippen LogP contribution in [0, 0.1) is 5.82 Å². The van der Waals surface area contributed by atoms with Gasteiger partial charge >= 0.3 is 5.97 Å². The first-order valence-corrected chi connectivity index (χ1v) is 10.1. The van der Waals surface area contributed by atoms with Crippen molar-refractivity contribution < 1.29 is 13.9 Å². The van der Waals surface area contributed by atoms with Gasteiger partial charge in [-0.25, -0.2) is 4.39 Å². The third-order valence-corrected chi connectivity index (χ3v) is 5.47. The molecular weight excluding hydrogens is 391 g/mol. The number of fused-ring (bicyclic) bond motifs is 1. The fourth-order valence-corrected chi connectivity index (χ4v) is 3.93. The minimum atomic E-state index is -0.464. The number of ether oxygens (including phenoxy) is 1. The molecule has 4 aromatic rings. The Bertz CT molecular complexity index is 1150. The highest BCUT2D eigenvalue weighted by Crippen LogP contribution is 2.33. The number of rotatable bonds is 6. The summed E-state index contributed by atoms with van der Waals surface area (Å²) in [5.41, 5.74) is 2.55. The van der Waals surface area contributed by atoms with Crippen LogP contribution in [0.3, 0.4) is 0 Å². The Morgan fingerprint density at radius 2 is 1.97 bits per heavy atom. The molecule has 148 valence electrons. The smallest absolute Gasteiger partial charge is 0.319 e. The largest absolute Gasteiger partial charge is 0.465 e. The lowest BCUT2D eigenvalue weighted by Gasteiger charge is -2.13. The van der Waals surface area contributed by atoms with Gasteiger partial charge in [-0.05, 0) is 44.2 Å². The van der Waals surface area contributed by atoms with E-state index in [1.165, 1.54) is 23.9 Å². The van der Waals surface area contributed by atoms with E-state index in [2.05, 4.69) is 15.2 Å². The predicted molar refractivity (Wildman–Crippen MR) is 111 cm³/mol. The molecule has 2 aromatic heterocycles. The van der Waals surface area contributed by atoms with Gasteiger partial charge in [0.05, 0.1) is 6.61 Å². The Kier molecular flexibility index (Phi) is 5.35. The van der Waals surface area contributed by atoms with E-state index in [0.717, 1.165) is 16.5 Å². The maximum Gasteiger partial charge on any atom is 0.319 e. The van der Waals surface area contributed by atoms with E-state index in [9.17, 15) is 9.18 Å². The molecule has 0 bridgehead atoms. The summed E-state index contributed by atoms with van der Waals surface area (Å²) in [6, 6.07) is 14.0. The van der Waals surface area contributed by atoms with Crippen LogP contribution in [0.1, 0.15) is 13.8 Å². The third-order valence-electron chi connectivity index (χ3n) is 4.45. The number of hydrogen-bond donors (Lipinski definition) is 1. The second-order valence-corrected chi connectivity index (χ2v) is 7.69. The van der Waals surface area contributed by atoms with Crippen molar-refractivity contribution in [2.45, 2.75) is 24.3 Å². The van der Waals surface area contributed by atoms with Crippen LogP contribution < -0.4 is 0 Å². The molecule has 8 heteroatoms. The molecule has 0 fully saturated rings. The molecule has 2 heterocycles. The Morgan fingerprint density at radius 1 is 1.21 bits per heavy atom. The summed E-state index contributed by atoms with van der Waals surface area (Å²) in [6.45, 7) is 3.85. The first kappa shape index (κ1) is 19.2. The molecule has 0 aliphatic rings. The van der Waals surface area contributed by atoms with E-state index >= 15 is 0 Å². The Labute approximate surface area is 171 Å². The number of thioether (sulfide) groups is 1. The highest BCUT2D eigenvalue weighted by atomic mass is 32.2.